The lowest BCUT2D eigenvalue weighted by molar-refractivity contribution is -0.0310. The predicted molar refractivity (Wildman–Crippen MR) is 68.1 cm³/mol. The van der Waals surface area contributed by atoms with E-state index < -0.39 is 5.60 Å². The van der Waals surface area contributed by atoms with Gasteiger partial charge < -0.3 is 10.8 Å². The van der Waals surface area contributed by atoms with Crippen molar-refractivity contribution in [2.45, 2.75) is 38.7 Å². The molecule has 0 aliphatic rings. The van der Waals surface area contributed by atoms with Gasteiger partial charge in [0.2, 0.25) is 0 Å². The van der Waals surface area contributed by atoms with Crippen LogP contribution in [0.4, 0.5) is 0 Å². The highest BCUT2D eigenvalue weighted by Crippen LogP contribution is 2.35. The first kappa shape index (κ1) is 13.2. The van der Waals surface area contributed by atoms with Crippen LogP contribution < -0.4 is 5.73 Å². The summed E-state index contributed by atoms with van der Waals surface area (Å²) in [7, 11) is 0. The maximum atomic E-state index is 10.9. The lowest BCUT2D eigenvalue weighted by atomic mass is 9.77. The molecule has 2 atom stereocenters. The van der Waals surface area contributed by atoms with E-state index in [0.29, 0.717) is 6.54 Å². The van der Waals surface area contributed by atoms with Crippen LogP contribution in [0.3, 0.4) is 0 Å². The molecule has 0 spiro atoms. The number of rotatable bonds is 6. The van der Waals surface area contributed by atoms with Gasteiger partial charge in [-0.1, -0.05) is 50.6 Å². The molecule has 1 rings (SSSR count). The summed E-state index contributed by atoms with van der Waals surface area (Å²) in [5.41, 5.74) is 6.01. The van der Waals surface area contributed by atoms with Crippen LogP contribution >= 0.6 is 0 Å². The Morgan fingerprint density at radius 1 is 1.25 bits per heavy atom. The highest BCUT2D eigenvalue weighted by molar-refractivity contribution is 5.23. The molecule has 0 amide bonds. The van der Waals surface area contributed by atoms with Gasteiger partial charge in [0.25, 0.3) is 0 Å². The molecule has 0 saturated carbocycles. The molecular formula is C14H23NO. The van der Waals surface area contributed by atoms with Gasteiger partial charge in [-0.25, -0.2) is 0 Å². The molecule has 0 radical (unpaired) electrons. The fraction of sp³-hybridized carbons (Fsp3) is 0.571. The number of hydrogen-bond acceptors (Lipinski definition) is 2. The van der Waals surface area contributed by atoms with E-state index in [1.807, 2.05) is 30.3 Å². The smallest absolute Gasteiger partial charge is 0.0936 e. The summed E-state index contributed by atoms with van der Waals surface area (Å²) in [6.07, 6.45) is 2.64. The van der Waals surface area contributed by atoms with Crippen molar-refractivity contribution in [3.8, 4) is 0 Å². The van der Waals surface area contributed by atoms with E-state index in [-0.39, 0.29) is 5.92 Å². The molecule has 2 heteroatoms. The average Bonchev–Trinajstić information content (AvgIpc) is 2.32. The van der Waals surface area contributed by atoms with E-state index in [0.717, 1.165) is 24.8 Å². The second kappa shape index (κ2) is 6.02. The number of hydrogen-bond donors (Lipinski definition) is 2. The summed E-state index contributed by atoms with van der Waals surface area (Å²) in [6, 6.07) is 9.90. The monoisotopic (exact) mass is 221 g/mol. The maximum Gasteiger partial charge on any atom is 0.0936 e. The zero-order chi connectivity index (χ0) is 12.0. The van der Waals surface area contributed by atoms with Gasteiger partial charge in [-0.2, -0.15) is 0 Å². The Labute approximate surface area is 98.5 Å². The summed E-state index contributed by atoms with van der Waals surface area (Å²) >= 11 is 0. The molecule has 2 unspecified atom stereocenters. The summed E-state index contributed by atoms with van der Waals surface area (Å²) in [4.78, 5) is 0. The van der Waals surface area contributed by atoms with Crippen LogP contribution in [-0.2, 0) is 5.60 Å². The zero-order valence-corrected chi connectivity index (χ0v) is 10.3. The third kappa shape index (κ3) is 2.63. The topological polar surface area (TPSA) is 46.2 Å². The fourth-order valence-electron chi connectivity index (χ4n) is 2.39. The second-order valence-corrected chi connectivity index (χ2v) is 4.38. The molecule has 1 aromatic carbocycles. The van der Waals surface area contributed by atoms with Crippen LogP contribution in [0.5, 0.6) is 0 Å². The van der Waals surface area contributed by atoms with E-state index in [2.05, 4.69) is 13.8 Å². The lowest BCUT2D eigenvalue weighted by Crippen LogP contribution is -2.39. The van der Waals surface area contributed by atoms with E-state index in [1.165, 1.54) is 0 Å². The molecule has 0 saturated heterocycles. The van der Waals surface area contributed by atoms with Crippen LogP contribution in [0.15, 0.2) is 30.3 Å². The van der Waals surface area contributed by atoms with E-state index in [4.69, 9.17) is 5.73 Å². The highest BCUT2D eigenvalue weighted by atomic mass is 16.3. The first-order valence-electron chi connectivity index (χ1n) is 6.17. The minimum Gasteiger partial charge on any atom is -0.385 e. The molecule has 0 bridgehead atoms. The zero-order valence-electron chi connectivity index (χ0n) is 10.3. The van der Waals surface area contributed by atoms with Gasteiger partial charge in [-0.05, 0) is 24.9 Å². The lowest BCUT2D eigenvalue weighted by Gasteiger charge is -2.35. The van der Waals surface area contributed by atoms with Crippen LogP contribution in [0, 0.1) is 5.92 Å². The van der Waals surface area contributed by atoms with E-state index in [1.54, 1.807) is 0 Å². The van der Waals surface area contributed by atoms with Crippen molar-refractivity contribution >= 4 is 0 Å². The molecule has 3 N–H and O–H groups in total. The van der Waals surface area contributed by atoms with Crippen LogP contribution in [0.2, 0.25) is 0 Å². The van der Waals surface area contributed by atoms with E-state index >= 15 is 0 Å². The van der Waals surface area contributed by atoms with Crippen LogP contribution in [0.1, 0.15) is 38.7 Å². The SMILES string of the molecule is CCCC(O)(c1ccccc1)C(CC)CN. The van der Waals surface area contributed by atoms with Crippen molar-refractivity contribution in [2.75, 3.05) is 6.54 Å². The average molecular weight is 221 g/mol. The molecular weight excluding hydrogens is 198 g/mol. The first-order chi connectivity index (χ1) is 7.69. The quantitative estimate of drug-likeness (QED) is 0.775. The summed E-state index contributed by atoms with van der Waals surface area (Å²) in [5, 5.41) is 10.9. The van der Waals surface area contributed by atoms with Crippen molar-refractivity contribution < 1.29 is 5.11 Å². The number of benzene rings is 1. The Morgan fingerprint density at radius 2 is 1.88 bits per heavy atom. The van der Waals surface area contributed by atoms with Crippen molar-refractivity contribution in [1.29, 1.82) is 0 Å². The van der Waals surface area contributed by atoms with E-state index in [9.17, 15) is 5.11 Å². The Kier molecular flexibility index (Phi) is 4.97. The van der Waals surface area contributed by atoms with Crippen LogP contribution in [-0.4, -0.2) is 11.7 Å². The highest BCUT2D eigenvalue weighted by Gasteiger charge is 2.35. The third-order valence-corrected chi connectivity index (χ3v) is 3.36. The minimum absolute atomic E-state index is 0.134. The first-order valence-corrected chi connectivity index (χ1v) is 6.17. The van der Waals surface area contributed by atoms with Gasteiger partial charge in [0.1, 0.15) is 0 Å². The number of aliphatic hydroxyl groups is 1. The Hall–Kier alpha value is -0.860. The molecule has 2 nitrogen and oxygen atoms in total. The molecule has 1 aromatic rings. The van der Waals surface area contributed by atoms with Gasteiger partial charge in [0.05, 0.1) is 5.60 Å². The minimum atomic E-state index is -0.764. The summed E-state index contributed by atoms with van der Waals surface area (Å²) < 4.78 is 0. The second-order valence-electron chi connectivity index (χ2n) is 4.38. The van der Waals surface area contributed by atoms with Crippen molar-refractivity contribution in [1.82, 2.24) is 0 Å². The predicted octanol–water partition coefficient (Wildman–Crippen LogP) is 2.66. The molecule has 0 aliphatic carbocycles. The third-order valence-electron chi connectivity index (χ3n) is 3.36. The van der Waals surface area contributed by atoms with Gasteiger partial charge >= 0.3 is 0 Å². The molecule has 0 aliphatic heterocycles. The van der Waals surface area contributed by atoms with Gasteiger partial charge in [0, 0.05) is 5.92 Å². The Morgan fingerprint density at radius 3 is 2.31 bits per heavy atom. The van der Waals surface area contributed by atoms with Gasteiger partial charge in [-0.3, -0.25) is 0 Å². The summed E-state index contributed by atoms with van der Waals surface area (Å²) in [5.74, 6) is 0.134. The van der Waals surface area contributed by atoms with Crippen LogP contribution in [0.25, 0.3) is 0 Å². The largest absolute Gasteiger partial charge is 0.385 e. The maximum absolute atomic E-state index is 10.9. The molecule has 90 valence electrons. The molecule has 0 aromatic heterocycles. The van der Waals surface area contributed by atoms with Gasteiger partial charge in [0.15, 0.2) is 0 Å². The van der Waals surface area contributed by atoms with Crippen molar-refractivity contribution in [3.63, 3.8) is 0 Å². The summed E-state index contributed by atoms with van der Waals surface area (Å²) in [6.45, 7) is 4.71. The number of nitrogens with two attached hydrogens (primary N) is 1. The molecule has 0 fully saturated rings. The Balaban J connectivity index is 3.05. The van der Waals surface area contributed by atoms with Crippen molar-refractivity contribution in [3.05, 3.63) is 35.9 Å². The standard InChI is InChI=1S/C14H23NO/c1-3-10-14(16,12(4-2)11-15)13-8-6-5-7-9-13/h5-9,12,16H,3-4,10-11,15H2,1-2H3. The molecule has 0 heterocycles. The normalized spacial score (nSPS) is 16.8. The van der Waals surface area contributed by atoms with Gasteiger partial charge in [-0.15, -0.1) is 0 Å². The Bertz CT molecular complexity index is 295. The van der Waals surface area contributed by atoms with Crippen molar-refractivity contribution in [2.24, 2.45) is 11.7 Å². The fourth-order valence-corrected chi connectivity index (χ4v) is 2.39. The molecule has 16 heavy (non-hydrogen) atoms.